The molecule has 0 heterocycles. The van der Waals surface area contributed by atoms with Gasteiger partial charge < -0.3 is 0 Å². The summed E-state index contributed by atoms with van der Waals surface area (Å²) in [5.41, 5.74) is 0. The first-order valence-electron chi connectivity index (χ1n) is 3.97. The summed E-state index contributed by atoms with van der Waals surface area (Å²) < 4.78 is 11.0. The Kier molecular flexibility index (Phi) is 6.74. The van der Waals surface area contributed by atoms with Crippen LogP contribution in [0.25, 0.3) is 0 Å². The van der Waals surface area contributed by atoms with Gasteiger partial charge in [-0.05, 0) is 0 Å². The Labute approximate surface area is 84.7 Å². The number of halogens is 1. The number of esters is 1. The second-order valence-corrected chi connectivity index (χ2v) is 4.92. The molecule has 74 valence electrons. The molecule has 0 saturated carbocycles. The predicted molar refractivity (Wildman–Crippen MR) is 44.0 cm³/mol. The van der Waals surface area contributed by atoms with E-state index in [0.717, 1.165) is 10.8 Å². The summed E-state index contributed by atoms with van der Waals surface area (Å²) in [6, 6.07) is 0. The summed E-state index contributed by atoms with van der Waals surface area (Å²) in [6.07, 6.45) is 0.892. The van der Waals surface area contributed by atoms with Crippen LogP contribution in [0.4, 0.5) is 0 Å². The van der Waals surface area contributed by atoms with Gasteiger partial charge >= 0.3 is 84.6 Å². The van der Waals surface area contributed by atoms with Gasteiger partial charge in [0, 0.05) is 0 Å². The Bertz CT molecular complexity index is 139. The van der Waals surface area contributed by atoms with Crippen molar-refractivity contribution in [1.82, 2.24) is 0 Å². The van der Waals surface area contributed by atoms with Gasteiger partial charge in [-0.2, -0.15) is 0 Å². The fourth-order valence-corrected chi connectivity index (χ4v) is 2.40. The van der Waals surface area contributed by atoms with Crippen LogP contribution < -0.4 is 25.4 Å². The topological polar surface area (TPSA) is 52.3 Å². The molecule has 0 fully saturated rings. The zero-order valence-electron chi connectivity index (χ0n) is 7.84. The zero-order valence-corrected chi connectivity index (χ0v) is 10.00. The molecule has 12 heavy (non-hydrogen) atoms. The van der Waals surface area contributed by atoms with Crippen LogP contribution in [0.5, 0.6) is 0 Å². The van der Waals surface area contributed by atoms with Gasteiger partial charge in [-0.1, -0.05) is 0 Å². The van der Waals surface area contributed by atoms with E-state index >= 15 is 0 Å². The van der Waals surface area contributed by atoms with Gasteiger partial charge in [0.1, 0.15) is 0 Å². The van der Waals surface area contributed by atoms with Gasteiger partial charge in [0.25, 0.3) is 0 Å². The molecule has 0 aromatic carbocycles. The first kappa shape index (κ1) is 12.2. The van der Waals surface area contributed by atoms with E-state index in [-0.39, 0.29) is 33.4 Å². The molecular formula is C8H17INO2-. The molecule has 1 atom stereocenters. The van der Waals surface area contributed by atoms with Crippen LogP contribution in [-0.2, 0) is 9.53 Å². The Morgan fingerprint density at radius 3 is 2.50 bits per heavy atom. The number of ether oxygens (including phenoxy) is 1. The molecule has 3 nitrogen and oxygen atoms in total. The van der Waals surface area contributed by atoms with E-state index in [0.29, 0.717) is 5.92 Å². The Morgan fingerprint density at radius 2 is 2.17 bits per heavy atom. The number of carbonyl (C=O) groups excluding carboxylic acids is 1. The standard InChI is InChI=1S/C8H17INO2/c1-6(2)4-7(5-9-10)8(11)12-3/h6-7H,4-5,10H2,1-3H3/q-1/t7-/m1/s1. The first-order valence-corrected chi connectivity index (χ1v) is 6.74. The van der Waals surface area contributed by atoms with Crippen molar-refractivity contribution in [3.8, 4) is 0 Å². The van der Waals surface area contributed by atoms with Crippen molar-refractivity contribution in [2.75, 3.05) is 11.5 Å². The Morgan fingerprint density at radius 1 is 1.58 bits per heavy atom. The number of alkyl halides is 1. The third kappa shape index (κ3) is 4.92. The average molecular weight is 286 g/mol. The van der Waals surface area contributed by atoms with Gasteiger partial charge in [0.15, 0.2) is 0 Å². The van der Waals surface area contributed by atoms with Gasteiger partial charge in [0.05, 0.1) is 0 Å². The fraction of sp³-hybridized carbons (Fsp3) is 0.875. The molecule has 0 spiro atoms. The maximum atomic E-state index is 11.2. The summed E-state index contributed by atoms with van der Waals surface area (Å²) in [7, 11) is 1.44. The second kappa shape index (κ2) is 6.65. The molecule has 0 rings (SSSR count). The Hall–Kier alpha value is 0.160. The fourth-order valence-electron chi connectivity index (χ4n) is 1.07. The SMILES string of the molecule is COC(=O)[C@@H](C[I-]N)CC(C)C. The number of carbonyl (C=O) groups is 1. The number of rotatable bonds is 5. The minimum atomic E-state index is -0.305. The van der Waals surface area contributed by atoms with Crippen LogP contribution in [-0.4, -0.2) is 17.5 Å². The zero-order chi connectivity index (χ0) is 9.56. The van der Waals surface area contributed by atoms with Crippen molar-refractivity contribution in [2.45, 2.75) is 20.3 Å². The predicted octanol–water partition coefficient (Wildman–Crippen LogP) is -2.22. The minimum absolute atomic E-state index is 0.0350. The van der Waals surface area contributed by atoms with E-state index in [9.17, 15) is 4.79 Å². The average Bonchev–Trinajstić information content (AvgIpc) is 2.01. The monoisotopic (exact) mass is 286 g/mol. The van der Waals surface area contributed by atoms with Crippen molar-refractivity contribution in [2.24, 2.45) is 15.8 Å². The molecule has 0 aromatic heterocycles. The van der Waals surface area contributed by atoms with E-state index in [1.165, 1.54) is 7.11 Å². The molecule has 0 amide bonds. The van der Waals surface area contributed by atoms with Crippen LogP contribution in [0.1, 0.15) is 20.3 Å². The summed E-state index contributed by atoms with van der Waals surface area (Å²) in [5, 5.41) is 0. The summed E-state index contributed by atoms with van der Waals surface area (Å²) >= 11 is -0.305. The van der Waals surface area contributed by atoms with Crippen LogP contribution in [0, 0.1) is 11.8 Å². The number of methoxy groups -OCH3 is 1. The van der Waals surface area contributed by atoms with E-state index < -0.39 is 0 Å². The van der Waals surface area contributed by atoms with E-state index in [4.69, 9.17) is 3.95 Å². The summed E-state index contributed by atoms with van der Waals surface area (Å²) in [5.74, 6) is 0.464. The van der Waals surface area contributed by atoms with E-state index in [2.05, 4.69) is 18.6 Å². The molecule has 0 aromatic rings. The second-order valence-electron chi connectivity index (χ2n) is 3.16. The first-order chi connectivity index (χ1) is 5.61. The van der Waals surface area contributed by atoms with Crippen LogP contribution in [0.2, 0.25) is 0 Å². The van der Waals surface area contributed by atoms with Gasteiger partial charge in [0.2, 0.25) is 0 Å². The van der Waals surface area contributed by atoms with Crippen molar-refractivity contribution in [1.29, 1.82) is 0 Å². The number of nitrogens with two attached hydrogens (primary N) is 1. The van der Waals surface area contributed by atoms with E-state index in [1.54, 1.807) is 0 Å². The van der Waals surface area contributed by atoms with Crippen molar-refractivity contribution in [3.63, 3.8) is 0 Å². The molecule has 0 radical (unpaired) electrons. The van der Waals surface area contributed by atoms with Crippen LogP contribution in [0.15, 0.2) is 0 Å². The summed E-state index contributed by atoms with van der Waals surface area (Å²) in [6.45, 7) is 4.20. The Balaban J connectivity index is 3.94. The molecule has 0 saturated heterocycles. The molecular weight excluding hydrogens is 269 g/mol. The van der Waals surface area contributed by atoms with Crippen molar-refractivity contribution >= 4 is 5.97 Å². The maximum absolute atomic E-state index is 11.2. The van der Waals surface area contributed by atoms with Crippen molar-refractivity contribution < 1.29 is 31.0 Å². The molecule has 2 N–H and O–H groups in total. The third-order valence-electron chi connectivity index (χ3n) is 1.57. The van der Waals surface area contributed by atoms with Gasteiger partial charge in [-0.15, -0.1) is 0 Å². The third-order valence-corrected chi connectivity index (χ3v) is 3.14. The normalized spacial score (nSPS) is 13.4. The molecule has 0 aliphatic carbocycles. The van der Waals surface area contributed by atoms with Gasteiger partial charge in [-0.25, -0.2) is 0 Å². The quantitative estimate of drug-likeness (QED) is 0.270. The van der Waals surface area contributed by atoms with E-state index in [1.807, 2.05) is 0 Å². The molecule has 0 bridgehead atoms. The summed E-state index contributed by atoms with van der Waals surface area (Å²) in [4.78, 5) is 11.2. The van der Waals surface area contributed by atoms with Crippen LogP contribution in [0.3, 0.4) is 0 Å². The van der Waals surface area contributed by atoms with Gasteiger partial charge in [-0.3, -0.25) is 0 Å². The number of hydrogen-bond acceptors (Lipinski definition) is 3. The molecule has 0 aliphatic heterocycles. The van der Waals surface area contributed by atoms with Crippen LogP contribution >= 0.6 is 0 Å². The molecule has 0 aliphatic rings. The van der Waals surface area contributed by atoms with Crippen molar-refractivity contribution in [3.05, 3.63) is 0 Å². The number of hydrogen-bond donors (Lipinski definition) is 1. The molecule has 0 unspecified atom stereocenters. The molecule has 4 heteroatoms.